The number of hydrogen-bond donors (Lipinski definition) is 1. The van der Waals surface area contributed by atoms with Gasteiger partial charge in [-0.25, -0.2) is 9.59 Å². The lowest BCUT2D eigenvalue weighted by Gasteiger charge is -1.98. The molecule has 1 aromatic carbocycles. The van der Waals surface area contributed by atoms with Crippen LogP contribution in [-0.4, -0.2) is 28.6 Å². The number of esters is 1. The minimum Gasteiger partial charge on any atom is -0.478 e. The minimum atomic E-state index is -0.984. The van der Waals surface area contributed by atoms with Crippen molar-refractivity contribution in [2.24, 2.45) is 0 Å². The van der Waals surface area contributed by atoms with Gasteiger partial charge in [0.15, 0.2) is 5.69 Å². The highest BCUT2D eigenvalue weighted by atomic mass is 32.2. The Morgan fingerprint density at radius 1 is 1.35 bits per heavy atom. The molecule has 0 saturated heterocycles. The summed E-state index contributed by atoms with van der Waals surface area (Å²) in [6, 6.07) is 6.25. The van der Waals surface area contributed by atoms with Gasteiger partial charge in [-0.2, -0.15) is 4.98 Å². The fraction of sp³-hybridized carbons (Fsp3) is 0.154. The Kier molecular flexibility index (Phi) is 4.41. The van der Waals surface area contributed by atoms with Crippen LogP contribution in [0.1, 0.15) is 27.8 Å². The summed E-state index contributed by atoms with van der Waals surface area (Å²) < 4.78 is 9.95. The van der Waals surface area contributed by atoms with E-state index in [1.807, 2.05) is 0 Å². The molecule has 0 aliphatic rings. The summed E-state index contributed by atoms with van der Waals surface area (Å²) in [7, 11) is 0. The highest BCUT2D eigenvalue weighted by Gasteiger charge is 2.14. The fourth-order valence-corrected chi connectivity index (χ4v) is 2.08. The molecule has 0 amide bonds. The molecule has 2 aromatic rings. The van der Waals surface area contributed by atoms with Crippen molar-refractivity contribution in [1.82, 2.24) is 4.98 Å². The number of aromatic carboxylic acids is 1. The topological polar surface area (TPSA) is 89.6 Å². The number of ether oxygens (including phenoxy) is 1. The summed E-state index contributed by atoms with van der Waals surface area (Å²) in [5, 5.41) is 9.08. The van der Waals surface area contributed by atoms with E-state index in [9.17, 15) is 9.59 Å². The monoisotopic (exact) mass is 293 g/mol. The molecule has 0 aliphatic heterocycles. The van der Waals surface area contributed by atoms with Gasteiger partial charge >= 0.3 is 11.9 Å². The lowest BCUT2D eigenvalue weighted by molar-refractivity contribution is 0.0518. The Bertz CT molecular complexity index is 620. The second-order valence-corrected chi connectivity index (χ2v) is 4.68. The van der Waals surface area contributed by atoms with Gasteiger partial charge in [-0.3, -0.25) is 0 Å². The number of hydrogen-bond acceptors (Lipinski definition) is 6. The molecule has 2 rings (SSSR count). The van der Waals surface area contributed by atoms with Crippen molar-refractivity contribution in [3.05, 3.63) is 41.8 Å². The molecule has 6 nitrogen and oxygen atoms in total. The van der Waals surface area contributed by atoms with E-state index in [4.69, 9.17) is 14.3 Å². The van der Waals surface area contributed by atoms with Crippen molar-refractivity contribution in [3.63, 3.8) is 0 Å². The van der Waals surface area contributed by atoms with Gasteiger partial charge in [-0.05, 0) is 43.0 Å². The van der Waals surface area contributed by atoms with Crippen molar-refractivity contribution >= 4 is 23.7 Å². The molecule has 104 valence electrons. The first-order valence-electron chi connectivity index (χ1n) is 5.74. The molecule has 0 unspecified atom stereocenters. The average Bonchev–Trinajstić information content (AvgIpc) is 2.88. The first kappa shape index (κ1) is 14.1. The lowest BCUT2D eigenvalue weighted by Crippen LogP contribution is -2.04. The average molecular weight is 293 g/mol. The van der Waals surface area contributed by atoms with E-state index in [0.29, 0.717) is 0 Å². The Hall–Kier alpha value is -2.28. The summed E-state index contributed by atoms with van der Waals surface area (Å²) in [6.07, 6.45) is 1.23. The number of rotatable bonds is 5. The molecule has 0 spiro atoms. The predicted molar refractivity (Wildman–Crippen MR) is 70.0 cm³/mol. The summed E-state index contributed by atoms with van der Waals surface area (Å²) >= 11 is 1.19. The second kappa shape index (κ2) is 6.25. The zero-order chi connectivity index (χ0) is 14.5. The molecule has 0 saturated carbocycles. The van der Waals surface area contributed by atoms with Crippen molar-refractivity contribution < 1.29 is 23.8 Å². The maximum Gasteiger partial charge on any atom is 0.360 e. The number of nitrogens with zero attached hydrogens (tertiary/aromatic N) is 1. The second-order valence-electron chi connectivity index (χ2n) is 3.65. The molecular weight excluding hydrogens is 282 g/mol. The molecule has 1 heterocycles. The van der Waals surface area contributed by atoms with Crippen LogP contribution in [0.15, 0.2) is 45.1 Å². The quantitative estimate of drug-likeness (QED) is 0.847. The maximum absolute atomic E-state index is 11.4. The number of aromatic nitrogens is 1. The zero-order valence-electron chi connectivity index (χ0n) is 10.5. The van der Waals surface area contributed by atoms with Crippen LogP contribution in [0.2, 0.25) is 0 Å². The third-order valence-electron chi connectivity index (χ3n) is 2.27. The normalized spacial score (nSPS) is 10.2. The highest BCUT2D eigenvalue weighted by Crippen LogP contribution is 2.27. The molecule has 1 aromatic heterocycles. The molecule has 0 aliphatic carbocycles. The van der Waals surface area contributed by atoms with Gasteiger partial charge in [-0.1, -0.05) is 0 Å². The molecule has 0 fully saturated rings. The van der Waals surface area contributed by atoms with Crippen molar-refractivity contribution in [3.8, 4) is 0 Å². The van der Waals surface area contributed by atoms with E-state index in [-0.39, 0.29) is 23.1 Å². The van der Waals surface area contributed by atoms with E-state index in [1.165, 1.54) is 30.2 Å². The van der Waals surface area contributed by atoms with E-state index in [0.717, 1.165) is 4.90 Å². The summed E-state index contributed by atoms with van der Waals surface area (Å²) in [6.45, 7) is 1.97. The van der Waals surface area contributed by atoms with Crippen LogP contribution in [0.25, 0.3) is 0 Å². The van der Waals surface area contributed by atoms with Gasteiger partial charge in [0.2, 0.25) is 0 Å². The number of benzene rings is 1. The first-order valence-corrected chi connectivity index (χ1v) is 6.55. The number of carbonyl (C=O) groups excluding carboxylic acids is 1. The Labute approximate surface area is 118 Å². The van der Waals surface area contributed by atoms with Crippen molar-refractivity contribution in [2.75, 3.05) is 6.61 Å². The highest BCUT2D eigenvalue weighted by molar-refractivity contribution is 7.99. The molecular formula is C13H11NO5S. The number of oxazole rings is 1. The molecule has 1 N–H and O–H groups in total. The van der Waals surface area contributed by atoms with Gasteiger partial charge in [0.1, 0.15) is 6.26 Å². The summed E-state index contributed by atoms with van der Waals surface area (Å²) in [5.41, 5.74) is 0.311. The molecule has 0 radical (unpaired) electrons. The first-order chi connectivity index (χ1) is 9.60. The van der Waals surface area contributed by atoms with Gasteiger partial charge in [0.25, 0.3) is 5.22 Å². The predicted octanol–water partition coefficient (Wildman–Crippen LogP) is 2.70. The van der Waals surface area contributed by atoms with Crippen LogP contribution in [0.4, 0.5) is 0 Å². The van der Waals surface area contributed by atoms with E-state index >= 15 is 0 Å². The smallest absolute Gasteiger partial charge is 0.360 e. The SMILES string of the molecule is CCOC(=O)c1coc(Sc2ccc(C(=O)O)cc2)n1. The third-order valence-corrected chi connectivity index (χ3v) is 3.14. The largest absolute Gasteiger partial charge is 0.478 e. The fourth-order valence-electron chi connectivity index (χ4n) is 1.37. The number of carbonyl (C=O) groups is 2. The van der Waals surface area contributed by atoms with Gasteiger partial charge in [0, 0.05) is 4.90 Å². The summed E-state index contributed by atoms with van der Waals surface area (Å²) in [4.78, 5) is 26.9. The number of carboxylic acid groups (broad SMARTS) is 1. The Morgan fingerprint density at radius 3 is 2.65 bits per heavy atom. The van der Waals surface area contributed by atoms with Crippen LogP contribution in [0.3, 0.4) is 0 Å². The molecule has 20 heavy (non-hydrogen) atoms. The molecule has 7 heteroatoms. The Balaban J connectivity index is 2.06. The van der Waals surface area contributed by atoms with Gasteiger partial charge in [0.05, 0.1) is 12.2 Å². The van der Waals surface area contributed by atoms with Crippen molar-refractivity contribution in [2.45, 2.75) is 17.0 Å². The van der Waals surface area contributed by atoms with Crippen LogP contribution < -0.4 is 0 Å². The van der Waals surface area contributed by atoms with Crippen LogP contribution >= 0.6 is 11.8 Å². The van der Waals surface area contributed by atoms with E-state index in [1.54, 1.807) is 19.1 Å². The van der Waals surface area contributed by atoms with E-state index in [2.05, 4.69) is 4.98 Å². The zero-order valence-corrected chi connectivity index (χ0v) is 11.3. The number of carboxylic acids is 1. The molecule has 0 bridgehead atoms. The minimum absolute atomic E-state index is 0.108. The van der Waals surface area contributed by atoms with Crippen LogP contribution in [0.5, 0.6) is 0 Å². The maximum atomic E-state index is 11.4. The van der Waals surface area contributed by atoms with Gasteiger partial charge < -0.3 is 14.3 Å². The van der Waals surface area contributed by atoms with E-state index < -0.39 is 11.9 Å². The van der Waals surface area contributed by atoms with Crippen LogP contribution in [0, 0.1) is 0 Å². The van der Waals surface area contributed by atoms with Crippen molar-refractivity contribution in [1.29, 1.82) is 0 Å². The molecule has 0 atom stereocenters. The standard InChI is InChI=1S/C13H11NO5S/c1-2-18-12(17)10-7-19-13(14-10)20-9-5-3-8(4-6-9)11(15)16/h3-7H,2H2,1H3,(H,15,16). The third kappa shape index (κ3) is 3.39. The Morgan fingerprint density at radius 2 is 2.05 bits per heavy atom. The summed E-state index contributed by atoms with van der Waals surface area (Å²) in [5.74, 6) is -1.52. The lowest BCUT2D eigenvalue weighted by atomic mass is 10.2. The van der Waals surface area contributed by atoms with Crippen LogP contribution in [-0.2, 0) is 4.74 Å². The van der Waals surface area contributed by atoms with Gasteiger partial charge in [-0.15, -0.1) is 0 Å².